The van der Waals surface area contributed by atoms with Crippen LogP contribution < -0.4 is 4.74 Å². The molecule has 0 spiro atoms. The van der Waals surface area contributed by atoms with Crippen molar-refractivity contribution in [2.45, 2.75) is 26.7 Å². The Bertz CT molecular complexity index is 626. The van der Waals surface area contributed by atoms with E-state index in [4.69, 9.17) is 4.74 Å². The number of carbonyl (C=O) groups is 2. The predicted molar refractivity (Wildman–Crippen MR) is 98.7 cm³/mol. The molecule has 1 fully saturated rings. The van der Waals surface area contributed by atoms with Gasteiger partial charge in [0.1, 0.15) is 5.75 Å². The van der Waals surface area contributed by atoms with Crippen LogP contribution in [0.3, 0.4) is 0 Å². The number of benzene rings is 1. The van der Waals surface area contributed by atoms with Gasteiger partial charge in [-0.2, -0.15) is 0 Å². The summed E-state index contributed by atoms with van der Waals surface area (Å²) in [6.45, 7) is 10.2. The third kappa shape index (κ3) is 4.21. The van der Waals surface area contributed by atoms with Crippen molar-refractivity contribution >= 4 is 11.8 Å². The summed E-state index contributed by atoms with van der Waals surface area (Å²) in [7, 11) is 1.60. The van der Waals surface area contributed by atoms with Crippen LogP contribution in [0, 0.1) is 5.41 Å². The van der Waals surface area contributed by atoms with Crippen LogP contribution in [0.2, 0.25) is 0 Å². The summed E-state index contributed by atoms with van der Waals surface area (Å²) in [5, 5.41) is 0. The molecule has 1 heterocycles. The molecule has 1 saturated heterocycles. The Morgan fingerprint density at radius 3 is 2.32 bits per heavy atom. The van der Waals surface area contributed by atoms with Crippen molar-refractivity contribution in [2.24, 2.45) is 5.41 Å². The molecule has 0 bridgehead atoms. The second-order valence-electron chi connectivity index (χ2n) is 6.64. The second kappa shape index (κ2) is 8.19. The van der Waals surface area contributed by atoms with Gasteiger partial charge in [-0.3, -0.25) is 9.59 Å². The zero-order chi connectivity index (χ0) is 18.4. The first-order valence-corrected chi connectivity index (χ1v) is 8.81. The van der Waals surface area contributed by atoms with Crippen LogP contribution in [0.4, 0.5) is 0 Å². The number of hydrogen-bond donors (Lipinski definition) is 0. The summed E-state index contributed by atoms with van der Waals surface area (Å²) >= 11 is 0. The topological polar surface area (TPSA) is 49.9 Å². The number of methoxy groups -OCH3 is 1. The Balaban J connectivity index is 2.04. The lowest BCUT2D eigenvalue weighted by atomic mass is 9.86. The lowest BCUT2D eigenvalue weighted by Crippen LogP contribution is -2.43. The number of rotatable bonds is 5. The Morgan fingerprint density at radius 1 is 1.16 bits per heavy atom. The Hall–Kier alpha value is -2.30. The van der Waals surface area contributed by atoms with Crippen LogP contribution in [-0.4, -0.2) is 54.9 Å². The van der Waals surface area contributed by atoms with Crippen molar-refractivity contribution in [3.8, 4) is 5.75 Å². The van der Waals surface area contributed by atoms with Crippen molar-refractivity contribution in [3.63, 3.8) is 0 Å². The average molecular weight is 344 g/mol. The molecule has 0 saturated carbocycles. The molecule has 25 heavy (non-hydrogen) atoms. The van der Waals surface area contributed by atoms with E-state index in [0.29, 0.717) is 31.7 Å². The monoisotopic (exact) mass is 344 g/mol. The molecule has 1 aromatic carbocycles. The summed E-state index contributed by atoms with van der Waals surface area (Å²) in [6.07, 6.45) is 3.24. The zero-order valence-electron chi connectivity index (χ0n) is 15.5. The Labute approximate surface area is 150 Å². The van der Waals surface area contributed by atoms with E-state index in [2.05, 4.69) is 6.58 Å². The Kier molecular flexibility index (Phi) is 6.23. The van der Waals surface area contributed by atoms with Crippen molar-refractivity contribution < 1.29 is 14.3 Å². The molecule has 136 valence electrons. The fraction of sp³-hybridized carbons (Fsp3) is 0.500. The average Bonchev–Trinajstić information content (AvgIpc) is 2.92. The minimum atomic E-state index is -0.533. The van der Waals surface area contributed by atoms with Crippen LogP contribution >= 0.6 is 0 Å². The molecular formula is C20H28N2O3. The standard InChI is InChI=1S/C20H28N2O3/c1-5-20(3,6-2)19(24)22-13-7-12-21(14-15-22)18(23)16-8-10-17(25-4)11-9-16/h5,8-11H,1,6-7,12-15H2,2-4H3/t20-/m1/s1. The van der Waals surface area contributed by atoms with E-state index in [0.717, 1.165) is 18.6 Å². The van der Waals surface area contributed by atoms with Gasteiger partial charge in [0, 0.05) is 31.7 Å². The van der Waals surface area contributed by atoms with Crippen LogP contribution in [0.15, 0.2) is 36.9 Å². The maximum Gasteiger partial charge on any atom is 0.253 e. The first kappa shape index (κ1) is 19.0. The number of ether oxygens (including phenoxy) is 1. The molecule has 5 nitrogen and oxygen atoms in total. The van der Waals surface area contributed by atoms with E-state index >= 15 is 0 Å². The number of carbonyl (C=O) groups excluding carboxylic acids is 2. The molecule has 2 amide bonds. The predicted octanol–water partition coefficient (Wildman–Crippen LogP) is 2.97. The third-order valence-electron chi connectivity index (χ3n) is 5.08. The SMILES string of the molecule is C=C[C@](C)(CC)C(=O)N1CCCN(C(=O)c2ccc(OC)cc2)CC1. The van der Waals surface area contributed by atoms with Gasteiger partial charge in [0.05, 0.1) is 12.5 Å². The molecule has 1 aliphatic heterocycles. The van der Waals surface area contributed by atoms with E-state index < -0.39 is 5.41 Å². The maximum absolute atomic E-state index is 12.8. The van der Waals surface area contributed by atoms with Crippen LogP contribution in [-0.2, 0) is 4.79 Å². The highest BCUT2D eigenvalue weighted by atomic mass is 16.5. The van der Waals surface area contributed by atoms with E-state index in [1.807, 2.05) is 23.6 Å². The molecule has 0 radical (unpaired) electrons. The molecule has 0 unspecified atom stereocenters. The van der Waals surface area contributed by atoms with Crippen molar-refractivity contribution in [2.75, 3.05) is 33.3 Å². The van der Waals surface area contributed by atoms with Crippen LogP contribution in [0.25, 0.3) is 0 Å². The summed E-state index contributed by atoms with van der Waals surface area (Å²) in [6, 6.07) is 7.14. The highest BCUT2D eigenvalue weighted by molar-refractivity contribution is 5.94. The summed E-state index contributed by atoms with van der Waals surface area (Å²) in [5.74, 6) is 0.829. The quantitative estimate of drug-likeness (QED) is 0.772. The first-order valence-electron chi connectivity index (χ1n) is 8.81. The smallest absolute Gasteiger partial charge is 0.253 e. The van der Waals surface area contributed by atoms with Crippen LogP contribution in [0.1, 0.15) is 37.0 Å². The van der Waals surface area contributed by atoms with Gasteiger partial charge in [-0.25, -0.2) is 0 Å². The van der Waals surface area contributed by atoms with E-state index in [-0.39, 0.29) is 11.8 Å². The van der Waals surface area contributed by atoms with E-state index in [1.54, 1.807) is 37.5 Å². The van der Waals surface area contributed by atoms with Gasteiger partial charge in [-0.1, -0.05) is 13.0 Å². The summed E-state index contributed by atoms with van der Waals surface area (Å²) in [5.41, 5.74) is 0.111. The highest BCUT2D eigenvalue weighted by Gasteiger charge is 2.33. The molecule has 1 aliphatic rings. The maximum atomic E-state index is 12.8. The molecule has 0 aromatic heterocycles. The van der Waals surface area contributed by atoms with E-state index in [1.165, 1.54) is 0 Å². The Morgan fingerprint density at radius 2 is 1.76 bits per heavy atom. The van der Waals surface area contributed by atoms with Crippen molar-refractivity contribution in [1.29, 1.82) is 0 Å². The largest absolute Gasteiger partial charge is 0.497 e. The number of nitrogens with zero attached hydrogens (tertiary/aromatic N) is 2. The van der Waals surface area contributed by atoms with Gasteiger partial charge in [0.2, 0.25) is 5.91 Å². The minimum absolute atomic E-state index is 0.000994. The van der Waals surface area contributed by atoms with Gasteiger partial charge in [-0.15, -0.1) is 6.58 Å². The summed E-state index contributed by atoms with van der Waals surface area (Å²) < 4.78 is 5.13. The van der Waals surface area contributed by atoms with Gasteiger partial charge >= 0.3 is 0 Å². The van der Waals surface area contributed by atoms with Gasteiger partial charge in [-0.05, 0) is 44.0 Å². The zero-order valence-corrected chi connectivity index (χ0v) is 15.5. The minimum Gasteiger partial charge on any atom is -0.497 e. The molecule has 1 aromatic rings. The second-order valence-corrected chi connectivity index (χ2v) is 6.64. The van der Waals surface area contributed by atoms with Crippen LogP contribution in [0.5, 0.6) is 5.75 Å². The lowest BCUT2D eigenvalue weighted by Gasteiger charge is -2.31. The van der Waals surface area contributed by atoms with Gasteiger partial charge in [0.15, 0.2) is 0 Å². The molecule has 1 atom stereocenters. The molecule has 2 rings (SSSR count). The van der Waals surface area contributed by atoms with Crippen molar-refractivity contribution in [3.05, 3.63) is 42.5 Å². The molecule has 0 N–H and O–H groups in total. The van der Waals surface area contributed by atoms with Crippen molar-refractivity contribution in [1.82, 2.24) is 9.80 Å². The first-order chi connectivity index (χ1) is 11.9. The third-order valence-corrected chi connectivity index (χ3v) is 5.08. The highest BCUT2D eigenvalue weighted by Crippen LogP contribution is 2.26. The van der Waals surface area contributed by atoms with Gasteiger partial charge in [0.25, 0.3) is 5.91 Å². The molecule has 5 heteroatoms. The number of amides is 2. The van der Waals surface area contributed by atoms with Gasteiger partial charge < -0.3 is 14.5 Å². The molecule has 0 aliphatic carbocycles. The fourth-order valence-corrected chi connectivity index (χ4v) is 2.98. The molecular weight excluding hydrogens is 316 g/mol. The number of hydrogen-bond acceptors (Lipinski definition) is 3. The lowest BCUT2D eigenvalue weighted by molar-refractivity contribution is -0.138. The van der Waals surface area contributed by atoms with E-state index in [9.17, 15) is 9.59 Å². The normalized spacial score (nSPS) is 17.4. The fourth-order valence-electron chi connectivity index (χ4n) is 2.98. The summed E-state index contributed by atoms with van der Waals surface area (Å²) in [4.78, 5) is 29.2.